The SMILES string of the molecule is O=Cc1cccn2nc(C3CCOC3)nc12. The molecule has 0 saturated carbocycles. The van der Waals surface area contributed by atoms with Crippen LogP contribution in [0.5, 0.6) is 0 Å². The predicted octanol–water partition coefficient (Wildman–Crippen LogP) is 1.05. The number of nitrogens with zero attached hydrogens (tertiary/aromatic N) is 3. The van der Waals surface area contributed by atoms with Gasteiger partial charge in [0, 0.05) is 18.7 Å². The van der Waals surface area contributed by atoms with Crippen molar-refractivity contribution in [3.8, 4) is 0 Å². The van der Waals surface area contributed by atoms with Crippen LogP contribution in [0.4, 0.5) is 0 Å². The van der Waals surface area contributed by atoms with E-state index in [-0.39, 0.29) is 5.92 Å². The zero-order valence-corrected chi connectivity index (χ0v) is 8.67. The summed E-state index contributed by atoms with van der Waals surface area (Å²) in [5.74, 6) is 1.03. The number of hydrogen-bond donors (Lipinski definition) is 0. The molecule has 5 heteroatoms. The molecule has 0 aliphatic carbocycles. The van der Waals surface area contributed by atoms with Gasteiger partial charge in [-0.3, -0.25) is 4.79 Å². The van der Waals surface area contributed by atoms with Crippen LogP contribution in [0.2, 0.25) is 0 Å². The van der Waals surface area contributed by atoms with Crippen molar-refractivity contribution in [1.82, 2.24) is 14.6 Å². The van der Waals surface area contributed by atoms with Crippen LogP contribution in [-0.4, -0.2) is 34.1 Å². The van der Waals surface area contributed by atoms with Crippen LogP contribution in [0.15, 0.2) is 18.3 Å². The van der Waals surface area contributed by atoms with Crippen molar-refractivity contribution in [3.05, 3.63) is 29.7 Å². The minimum absolute atomic E-state index is 0.263. The van der Waals surface area contributed by atoms with Crippen molar-refractivity contribution in [2.75, 3.05) is 13.2 Å². The number of fused-ring (bicyclic) bond motifs is 1. The Morgan fingerprint density at radius 2 is 2.50 bits per heavy atom. The van der Waals surface area contributed by atoms with E-state index in [9.17, 15) is 4.79 Å². The molecule has 2 aromatic heterocycles. The summed E-state index contributed by atoms with van der Waals surface area (Å²) in [6.45, 7) is 1.44. The molecule has 0 radical (unpaired) electrons. The average molecular weight is 217 g/mol. The number of rotatable bonds is 2. The van der Waals surface area contributed by atoms with E-state index in [1.165, 1.54) is 0 Å². The van der Waals surface area contributed by atoms with E-state index in [1.807, 2.05) is 0 Å². The second kappa shape index (κ2) is 3.68. The topological polar surface area (TPSA) is 56.5 Å². The molecule has 0 amide bonds. The molecule has 3 rings (SSSR count). The van der Waals surface area contributed by atoms with Crippen molar-refractivity contribution in [3.63, 3.8) is 0 Å². The highest BCUT2D eigenvalue weighted by molar-refractivity contribution is 5.83. The van der Waals surface area contributed by atoms with Crippen LogP contribution in [0.3, 0.4) is 0 Å². The molecule has 82 valence electrons. The minimum Gasteiger partial charge on any atom is -0.381 e. The van der Waals surface area contributed by atoms with E-state index in [4.69, 9.17) is 4.74 Å². The molecule has 0 N–H and O–H groups in total. The Hall–Kier alpha value is -1.75. The van der Waals surface area contributed by atoms with Crippen molar-refractivity contribution in [2.24, 2.45) is 0 Å². The van der Waals surface area contributed by atoms with E-state index >= 15 is 0 Å². The monoisotopic (exact) mass is 217 g/mol. The Balaban J connectivity index is 2.11. The van der Waals surface area contributed by atoms with Crippen molar-refractivity contribution in [2.45, 2.75) is 12.3 Å². The van der Waals surface area contributed by atoms with Gasteiger partial charge in [-0.2, -0.15) is 5.10 Å². The summed E-state index contributed by atoms with van der Waals surface area (Å²) in [5, 5.41) is 4.37. The average Bonchev–Trinajstić information content (AvgIpc) is 2.96. The Morgan fingerprint density at radius 3 is 3.25 bits per heavy atom. The lowest BCUT2D eigenvalue weighted by atomic mass is 10.1. The number of ether oxygens (including phenoxy) is 1. The van der Waals surface area contributed by atoms with Gasteiger partial charge in [-0.15, -0.1) is 0 Å². The van der Waals surface area contributed by atoms with Gasteiger partial charge in [0.05, 0.1) is 12.2 Å². The summed E-state index contributed by atoms with van der Waals surface area (Å²) in [6, 6.07) is 3.53. The van der Waals surface area contributed by atoms with Crippen LogP contribution in [0.1, 0.15) is 28.5 Å². The maximum atomic E-state index is 10.8. The first kappa shape index (κ1) is 9.47. The van der Waals surface area contributed by atoms with Crippen LogP contribution < -0.4 is 0 Å². The molecule has 0 bridgehead atoms. The molecule has 0 aromatic carbocycles. The van der Waals surface area contributed by atoms with Crippen LogP contribution >= 0.6 is 0 Å². The lowest BCUT2D eigenvalue weighted by Gasteiger charge is -1.98. The fourth-order valence-corrected chi connectivity index (χ4v) is 1.95. The Bertz CT molecular complexity index is 529. The first-order valence-corrected chi connectivity index (χ1v) is 5.26. The van der Waals surface area contributed by atoms with Gasteiger partial charge in [-0.25, -0.2) is 9.50 Å². The highest BCUT2D eigenvalue weighted by Gasteiger charge is 2.22. The van der Waals surface area contributed by atoms with Crippen LogP contribution in [0, 0.1) is 0 Å². The molecular formula is C11H11N3O2. The number of hydrogen-bond acceptors (Lipinski definition) is 4. The third-order valence-corrected chi connectivity index (χ3v) is 2.83. The first-order valence-electron chi connectivity index (χ1n) is 5.26. The molecule has 1 aliphatic rings. The predicted molar refractivity (Wildman–Crippen MR) is 56.6 cm³/mol. The summed E-state index contributed by atoms with van der Waals surface area (Å²) >= 11 is 0. The third-order valence-electron chi connectivity index (χ3n) is 2.83. The maximum absolute atomic E-state index is 10.8. The van der Waals surface area contributed by atoms with Gasteiger partial charge in [-0.05, 0) is 18.6 Å². The second-order valence-corrected chi connectivity index (χ2v) is 3.88. The molecule has 16 heavy (non-hydrogen) atoms. The lowest BCUT2D eigenvalue weighted by molar-refractivity contribution is 0.112. The molecule has 1 aliphatic heterocycles. The van der Waals surface area contributed by atoms with Gasteiger partial charge in [0.1, 0.15) is 0 Å². The van der Waals surface area contributed by atoms with E-state index in [1.54, 1.807) is 22.8 Å². The molecule has 3 heterocycles. The highest BCUT2D eigenvalue weighted by atomic mass is 16.5. The number of pyridine rings is 1. The van der Waals surface area contributed by atoms with E-state index in [0.29, 0.717) is 17.8 Å². The Labute approximate surface area is 92.1 Å². The summed E-state index contributed by atoms with van der Waals surface area (Å²) < 4.78 is 6.96. The molecule has 1 unspecified atom stereocenters. The van der Waals surface area contributed by atoms with Crippen molar-refractivity contribution < 1.29 is 9.53 Å². The molecule has 1 saturated heterocycles. The Kier molecular flexibility index (Phi) is 2.18. The van der Waals surface area contributed by atoms with Gasteiger partial charge in [0.15, 0.2) is 17.8 Å². The zero-order chi connectivity index (χ0) is 11.0. The molecule has 1 atom stereocenters. The molecule has 0 spiro atoms. The lowest BCUT2D eigenvalue weighted by Crippen LogP contribution is -2.00. The molecular weight excluding hydrogens is 206 g/mol. The highest BCUT2D eigenvalue weighted by Crippen LogP contribution is 2.23. The van der Waals surface area contributed by atoms with Crippen LogP contribution in [-0.2, 0) is 4.74 Å². The van der Waals surface area contributed by atoms with E-state index < -0.39 is 0 Å². The quantitative estimate of drug-likeness (QED) is 0.705. The fourth-order valence-electron chi connectivity index (χ4n) is 1.95. The number of aromatic nitrogens is 3. The summed E-state index contributed by atoms with van der Waals surface area (Å²) in [4.78, 5) is 15.3. The standard InChI is InChI=1S/C11H11N3O2/c15-6-8-2-1-4-14-11(8)12-10(13-14)9-3-5-16-7-9/h1-2,4,6,9H,3,5,7H2. The van der Waals surface area contributed by atoms with Crippen LogP contribution in [0.25, 0.3) is 5.65 Å². The molecule has 5 nitrogen and oxygen atoms in total. The number of aldehydes is 1. The van der Waals surface area contributed by atoms with Gasteiger partial charge < -0.3 is 4.74 Å². The first-order chi connectivity index (χ1) is 7.88. The van der Waals surface area contributed by atoms with Crippen molar-refractivity contribution >= 4 is 11.9 Å². The van der Waals surface area contributed by atoms with Gasteiger partial charge in [0.2, 0.25) is 0 Å². The normalized spacial score (nSPS) is 20.4. The second-order valence-electron chi connectivity index (χ2n) is 3.88. The fraction of sp³-hybridized carbons (Fsp3) is 0.364. The largest absolute Gasteiger partial charge is 0.381 e. The summed E-state index contributed by atoms with van der Waals surface area (Å²) in [5.41, 5.74) is 1.19. The molecule has 2 aromatic rings. The van der Waals surface area contributed by atoms with E-state index in [2.05, 4.69) is 10.1 Å². The number of carbonyl (C=O) groups excluding carboxylic acids is 1. The maximum Gasteiger partial charge on any atom is 0.166 e. The summed E-state index contributed by atoms with van der Waals surface area (Å²) in [6.07, 6.45) is 3.56. The van der Waals surface area contributed by atoms with Gasteiger partial charge in [0.25, 0.3) is 0 Å². The van der Waals surface area contributed by atoms with Gasteiger partial charge >= 0.3 is 0 Å². The van der Waals surface area contributed by atoms with Gasteiger partial charge in [-0.1, -0.05) is 0 Å². The zero-order valence-electron chi connectivity index (χ0n) is 8.67. The summed E-state index contributed by atoms with van der Waals surface area (Å²) in [7, 11) is 0. The molecule has 1 fully saturated rings. The third kappa shape index (κ3) is 1.40. The van der Waals surface area contributed by atoms with E-state index in [0.717, 1.165) is 25.1 Å². The smallest absolute Gasteiger partial charge is 0.166 e. The Morgan fingerprint density at radius 1 is 1.56 bits per heavy atom. The van der Waals surface area contributed by atoms with Crippen molar-refractivity contribution in [1.29, 1.82) is 0 Å². The minimum atomic E-state index is 0.263. The number of carbonyl (C=O) groups is 1.